The molecule has 10 nitrogen and oxygen atoms in total. The molecule has 1 amide bonds. The lowest BCUT2D eigenvalue weighted by Gasteiger charge is -2.45. The predicted molar refractivity (Wildman–Crippen MR) is 129 cm³/mol. The van der Waals surface area contributed by atoms with E-state index in [1.807, 2.05) is 24.5 Å². The van der Waals surface area contributed by atoms with Gasteiger partial charge >= 0.3 is 6.16 Å². The van der Waals surface area contributed by atoms with Gasteiger partial charge in [-0.3, -0.25) is 14.7 Å². The van der Waals surface area contributed by atoms with Gasteiger partial charge < -0.3 is 24.4 Å². The van der Waals surface area contributed by atoms with E-state index in [1.165, 1.54) is 12.6 Å². The number of carboxylic acid groups (broad SMARTS) is 1. The molecular weight excluding hydrogens is 450 g/mol. The third kappa shape index (κ3) is 5.22. The van der Waals surface area contributed by atoms with Crippen molar-refractivity contribution >= 4 is 23.8 Å². The minimum absolute atomic E-state index is 0.0305. The largest absolute Gasteiger partial charge is 0.506 e. The van der Waals surface area contributed by atoms with E-state index in [9.17, 15) is 9.59 Å². The smallest absolute Gasteiger partial charge is 0.458 e. The fourth-order valence-corrected chi connectivity index (χ4v) is 6.36. The van der Waals surface area contributed by atoms with Gasteiger partial charge in [0.1, 0.15) is 12.2 Å². The van der Waals surface area contributed by atoms with Crippen LogP contribution in [0.4, 0.5) is 10.5 Å². The van der Waals surface area contributed by atoms with Crippen LogP contribution in [-0.2, 0) is 14.3 Å². The number of hydrogen-bond donors (Lipinski definition) is 1. The van der Waals surface area contributed by atoms with Crippen LogP contribution in [0.1, 0.15) is 51.9 Å². The van der Waals surface area contributed by atoms with Crippen molar-refractivity contribution in [3.63, 3.8) is 0 Å². The summed E-state index contributed by atoms with van der Waals surface area (Å²) >= 11 is 0. The number of amides is 1. The van der Waals surface area contributed by atoms with Gasteiger partial charge in [0.15, 0.2) is 0 Å². The van der Waals surface area contributed by atoms with Crippen LogP contribution < -0.4 is 4.90 Å². The van der Waals surface area contributed by atoms with Crippen LogP contribution in [0.25, 0.3) is 0 Å². The summed E-state index contributed by atoms with van der Waals surface area (Å²) in [6, 6.07) is 5.32. The normalized spacial score (nSPS) is 29.6. The monoisotopic (exact) mass is 485 g/mol. The Balaban J connectivity index is 1.28. The molecule has 35 heavy (non-hydrogen) atoms. The minimum atomic E-state index is -1.20. The van der Waals surface area contributed by atoms with E-state index in [0.717, 1.165) is 58.3 Å². The van der Waals surface area contributed by atoms with E-state index in [0.29, 0.717) is 18.9 Å². The number of nitrogens with zero attached hydrogens (tertiary/aromatic N) is 5. The summed E-state index contributed by atoms with van der Waals surface area (Å²) in [4.78, 5) is 38.5. The van der Waals surface area contributed by atoms with Crippen molar-refractivity contribution in [1.29, 1.82) is 0 Å². The maximum absolute atomic E-state index is 12.0. The summed E-state index contributed by atoms with van der Waals surface area (Å²) in [7, 11) is 0. The van der Waals surface area contributed by atoms with Crippen molar-refractivity contribution in [2.75, 3.05) is 31.1 Å². The van der Waals surface area contributed by atoms with Gasteiger partial charge in [0.2, 0.25) is 5.91 Å². The predicted octanol–water partition coefficient (Wildman–Crippen LogP) is 2.73. The molecule has 0 spiro atoms. The number of amidine groups is 1. The number of ether oxygens (including phenoxy) is 2. The highest BCUT2D eigenvalue weighted by Gasteiger charge is 2.51. The molecule has 1 aliphatic carbocycles. The molecule has 1 aromatic heterocycles. The van der Waals surface area contributed by atoms with Crippen LogP contribution >= 0.6 is 0 Å². The standard InChI is InChI=1S/C25H35N5O5/c1-17(31)27-24-30(19-7-13-28(14-8-19)18-5-11-26-12-6-18)22-4-2-3-21(23(22)35-24)29-15-9-20(10-16-29)34-25(32)33/h5-6,11-12,19-23H,2-4,7-10,13-16H2,1H3,(H,32,33). The Morgan fingerprint density at radius 1 is 1.03 bits per heavy atom. The number of likely N-dealkylation sites (tertiary alicyclic amines) is 1. The van der Waals surface area contributed by atoms with Gasteiger partial charge in [0, 0.05) is 63.3 Å². The number of anilines is 1. The first kappa shape index (κ1) is 23.8. The summed E-state index contributed by atoms with van der Waals surface area (Å²) in [5.74, 6) is -0.235. The van der Waals surface area contributed by atoms with E-state index in [-0.39, 0.29) is 36.2 Å². The van der Waals surface area contributed by atoms with Gasteiger partial charge in [0.05, 0.1) is 6.04 Å². The maximum atomic E-state index is 12.0. The third-order valence-electron chi connectivity index (χ3n) is 7.93. The quantitative estimate of drug-likeness (QED) is 0.644. The fraction of sp³-hybridized carbons (Fsp3) is 0.680. The molecule has 3 saturated heterocycles. The highest BCUT2D eigenvalue weighted by Crippen LogP contribution is 2.39. The van der Waals surface area contributed by atoms with Crippen molar-refractivity contribution < 1.29 is 24.2 Å². The number of carbonyl (C=O) groups is 2. The third-order valence-corrected chi connectivity index (χ3v) is 7.93. The Morgan fingerprint density at radius 3 is 2.37 bits per heavy atom. The van der Waals surface area contributed by atoms with Crippen molar-refractivity contribution in [3.05, 3.63) is 24.5 Å². The molecule has 1 saturated carbocycles. The maximum Gasteiger partial charge on any atom is 0.506 e. The number of piperidine rings is 2. The number of hydrogen-bond acceptors (Lipinski definition) is 7. The first-order valence-corrected chi connectivity index (χ1v) is 12.8. The van der Waals surface area contributed by atoms with Gasteiger partial charge in [-0.2, -0.15) is 4.99 Å². The van der Waals surface area contributed by atoms with E-state index in [4.69, 9.17) is 14.6 Å². The Hall–Kier alpha value is -2.88. The van der Waals surface area contributed by atoms with Crippen LogP contribution in [0.2, 0.25) is 0 Å². The molecule has 3 atom stereocenters. The summed E-state index contributed by atoms with van der Waals surface area (Å²) < 4.78 is 11.5. The highest BCUT2D eigenvalue weighted by atomic mass is 16.7. The molecule has 3 aliphatic heterocycles. The van der Waals surface area contributed by atoms with Gasteiger partial charge in [-0.05, 0) is 57.1 Å². The summed E-state index contributed by atoms with van der Waals surface area (Å²) in [5, 5.41) is 8.93. The number of aromatic nitrogens is 1. The van der Waals surface area contributed by atoms with Gasteiger partial charge in [-0.1, -0.05) is 0 Å². The Morgan fingerprint density at radius 2 is 1.71 bits per heavy atom. The van der Waals surface area contributed by atoms with Crippen LogP contribution in [0.15, 0.2) is 29.5 Å². The molecule has 0 aromatic carbocycles. The van der Waals surface area contributed by atoms with E-state index < -0.39 is 6.16 Å². The fourth-order valence-electron chi connectivity index (χ4n) is 6.36. The van der Waals surface area contributed by atoms with Crippen LogP contribution in [0.3, 0.4) is 0 Å². The lowest BCUT2D eigenvalue weighted by atomic mass is 9.85. The topological polar surface area (TPSA) is 108 Å². The zero-order valence-electron chi connectivity index (χ0n) is 20.3. The molecular formula is C25H35N5O5. The number of pyridine rings is 1. The Bertz CT molecular complexity index is 927. The Labute approximate surface area is 205 Å². The molecule has 0 bridgehead atoms. The van der Waals surface area contributed by atoms with E-state index in [2.05, 4.69) is 24.7 Å². The minimum Gasteiger partial charge on any atom is -0.458 e. The van der Waals surface area contributed by atoms with Crippen LogP contribution in [0.5, 0.6) is 0 Å². The summed E-state index contributed by atoms with van der Waals surface area (Å²) in [6.45, 7) is 4.94. The zero-order chi connectivity index (χ0) is 24.4. The average molecular weight is 486 g/mol. The molecule has 3 unspecified atom stereocenters. The molecule has 5 rings (SSSR count). The van der Waals surface area contributed by atoms with Crippen LogP contribution in [-0.4, -0.2) is 94.5 Å². The highest BCUT2D eigenvalue weighted by molar-refractivity contribution is 5.90. The molecule has 10 heteroatoms. The van der Waals surface area contributed by atoms with E-state index >= 15 is 0 Å². The summed E-state index contributed by atoms with van der Waals surface area (Å²) in [6.07, 6.45) is 8.72. The molecule has 4 fully saturated rings. The molecule has 190 valence electrons. The number of aliphatic imine (C=N–C) groups is 1. The molecule has 1 N–H and O–H groups in total. The molecule has 4 aliphatic rings. The number of fused-ring (bicyclic) bond motifs is 1. The van der Waals surface area contributed by atoms with Crippen molar-refractivity contribution in [3.8, 4) is 0 Å². The van der Waals surface area contributed by atoms with E-state index in [1.54, 1.807) is 0 Å². The molecule has 0 radical (unpaired) electrons. The van der Waals surface area contributed by atoms with Crippen molar-refractivity contribution in [1.82, 2.24) is 14.8 Å². The number of rotatable bonds is 4. The van der Waals surface area contributed by atoms with Gasteiger partial charge in [-0.15, -0.1) is 0 Å². The second-order valence-electron chi connectivity index (χ2n) is 10.0. The molecule has 1 aromatic rings. The average Bonchev–Trinajstić information content (AvgIpc) is 3.22. The Kier molecular flexibility index (Phi) is 7.08. The van der Waals surface area contributed by atoms with Crippen molar-refractivity contribution in [2.24, 2.45) is 4.99 Å². The van der Waals surface area contributed by atoms with Crippen LogP contribution in [0, 0.1) is 0 Å². The number of carbonyl (C=O) groups excluding carboxylic acids is 1. The molecule has 4 heterocycles. The second-order valence-corrected chi connectivity index (χ2v) is 10.0. The lowest BCUT2D eigenvalue weighted by Crippen LogP contribution is -2.56. The second kappa shape index (κ2) is 10.4. The first-order chi connectivity index (χ1) is 17.0. The summed E-state index contributed by atoms with van der Waals surface area (Å²) in [5.41, 5.74) is 1.19. The first-order valence-electron chi connectivity index (χ1n) is 12.8. The van der Waals surface area contributed by atoms with Crippen molar-refractivity contribution in [2.45, 2.75) is 82.2 Å². The van der Waals surface area contributed by atoms with Gasteiger partial charge in [0.25, 0.3) is 6.02 Å². The zero-order valence-corrected chi connectivity index (χ0v) is 20.3. The SMILES string of the molecule is CC(=O)N=C1OC2C(N3CCC(OC(=O)O)CC3)CCCC2N1C1CCN(c2ccncc2)CC1. The van der Waals surface area contributed by atoms with Gasteiger partial charge in [-0.25, -0.2) is 4.79 Å². The lowest BCUT2D eigenvalue weighted by molar-refractivity contribution is -0.115.